The molecule has 1 atom stereocenters. The summed E-state index contributed by atoms with van der Waals surface area (Å²) in [5.74, 6) is -0.289. The first-order chi connectivity index (χ1) is 18.0. The molecule has 1 aromatic heterocycles. The van der Waals surface area contributed by atoms with Crippen LogP contribution in [0.25, 0.3) is 0 Å². The van der Waals surface area contributed by atoms with Gasteiger partial charge in [-0.3, -0.25) is 19.6 Å². The highest BCUT2D eigenvalue weighted by molar-refractivity contribution is 7.84. The van der Waals surface area contributed by atoms with Gasteiger partial charge in [-0.2, -0.15) is 5.26 Å². The van der Waals surface area contributed by atoms with Crippen LogP contribution in [-0.2, 0) is 17.4 Å². The van der Waals surface area contributed by atoms with Gasteiger partial charge in [0.1, 0.15) is 12.7 Å². The van der Waals surface area contributed by atoms with Crippen molar-refractivity contribution in [3.63, 3.8) is 0 Å². The summed E-state index contributed by atoms with van der Waals surface area (Å²) in [4.78, 5) is 9.84. The number of halogens is 3. The molecule has 12 heteroatoms. The molecule has 38 heavy (non-hydrogen) atoms. The Morgan fingerprint density at radius 3 is 2.63 bits per heavy atom. The fraction of sp³-hybridized carbons (Fsp3) is 0.308. The highest BCUT2D eigenvalue weighted by atomic mass is 35.5. The number of benzene rings is 1. The van der Waals surface area contributed by atoms with Crippen molar-refractivity contribution in [2.45, 2.75) is 13.5 Å². The number of nitrogen functional groups attached to an aromatic ring is 1. The van der Waals surface area contributed by atoms with Crippen molar-refractivity contribution in [3.05, 3.63) is 74.9 Å². The van der Waals surface area contributed by atoms with Gasteiger partial charge in [-0.1, -0.05) is 30.1 Å². The van der Waals surface area contributed by atoms with Gasteiger partial charge in [0, 0.05) is 102 Å². The Balaban J connectivity index is 1.86. The van der Waals surface area contributed by atoms with Gasteiger partial charge in [0.15, 0.2) is 11.6 Å². The Hall–Kier alpha value is -3.26. The predicted molar refractivity (Wildman–Crippen MR) is 151 cm³/mol. The van der Waals surface area contributed by atoms with Gasteiger partial charge in [0.2, 0.25) is 0 Å². The number of likely N-dealkylation sites (tertiary alicyclic amines) is 1. The van der Waals surface area contributed by atoms with Crippen LogP contribution >= 0.6 is 23.2 Å². The van der Waals surface area contributed by atoms with Crippen molar-refractivity contribution in [2.75, 3.05) is 37.9 Å². The third-order valence-electron chi connectivity index (χ3n) is 5.74. The molecule has 1 aromatic carbocycles. The summed E-state index contributed by atoms with van der Waals surface area (Å²) < 4.78 is 31.9. The summed E-state index contributed by atoms with van der Waals surface area (Å²) in [6.45, 7) is 3.25. The number of nitriles is 1. The lowest BCUT2D eigenvalue weighted by Crippen LogP contribution is -2.54. The van der Waals surface area contributed by atoms with Crippen molar-refractivity contribution < 1.29 is 13.3 Å². The number of aromatic nitrogens is 1. The zero-order valence-electron chi connectivity index (χ0n) is 21.1. The molecule has 0 saturated carbocycles. The van der Waals surface area contributed by atoms with Crippen molar-refractivity contribution in [3.8, 4) is 11.8 Å². The van der Waals surface area contributed by atoms with Crippen molar-refractivity contribution >= 4 is 51.6 Å². The number of allylic oxidation sites excluding steroid dienone is 3. The molecule has 0 radical (unpaired) electrons. The molecule has 1 aliphatic heterocycles. The second-order valence-electron chi connectivity index (χ2n) is 9.23. The fourth-order valence-corrected chi connectivity index (χ4v) is 5.80. The van der Waals surface area contributed by atoms with Gasteiger partial charge < -0.3 is 15.4 Å². The van der Waals surface area contributed by atoms with Crippen molar-refractivity contribution in [1.29, 1.82) is 10.7 Å². The molecule has 0 spiro atoms. The molecule has 2 aromatic rings. The second-order valence-corrected chi connectivity index (χ2v) is 11.5. The van der Waals surface area contributed by atoms with Gasteiger partial charge in [-0.15, -0.1) is 0 Å². The Kier molecular flexibility index (Phi) is 9.66. The normalized spacial score (nSPS) is 16.2. The number of hydrogen-bond donors (Lipinski definition) is 2. The molecule has 2 heterocycles. The maximum atomic E-state index is 14.7. The number of rotatable bonds is 10. The largest absolute Gasteiger partial charge is 0.486 e. The average Bonchev–Trinajstić information content (AvgIpc) is 2.82. The van der Waals surface area contributed by atoms with Crippen molar-refractivity contribution in [2.24, 2.45) is 10.4 Å². The highest BCUT2D eigenvalue weighted by Gasteiger charge is 2.38. The molecule has 200 valence electrons. The first-order valence-electron chi connectivity index (χ1n) is 11.3. The van der Waals surface area contributed by atoms with E-state index in [1.807, 2.05) is 4.90 Å². The molecule has 0 bridgehead atoms. The van der Waals surface area contributed by atoms with Gasteiger partial charge >= 0.3 is 0 Å². The molecule has 8 nitrogen and oxygen atoms in total. The quantitative estimate of drug-likeness (QED) is 0.181. The van der Waals surface area contributed by atoms with Gasteiger partial charge in [-0.05, 0) is 12.1 Å². The van der Waals surface area contributed by atoms with E-state index in [0.29, 0.717) is 35.6 Å². The Labute approximate surface area is 233 Å². The molecular formula is C26H27Cl2FN6O2S. The predicted octanol–water partition coefficient (Wildman–Crippen LogP) is 4.79. The smallest absolute Gasteiger partial charge is 0.167 e. The van der Waals surface area contributed by atoms with Crippen molar-refractivity contribution in [1.82, 2.24) is 9.88 Å². The topological polar surface area (TPSA) is 128 Å². The number of pyridine rings is 1. The number of anilines is 1. The van der Waals surface area contributed by atoms with E-state index in [0.717, 1.165) is 6.07 Å². The molecule has 1 saturated heterocycles. The highest BCUT2D eigenvalue weighted by Crippen LogP contribution is 2.32. The molecule has 0 amide bonds. The molecular weight excluding hydrogens is 550 g/mol. The van der Waals surface area contributed by atoms with Crippen LogP contribution in [0.2, 0.25) is 10.0 Å². The van der Waals surface area contributed by atoms with Gasteiger partial charge in [0.25, 0.3) is 0 Å². The van der Waals surface area contributed by atoms with Crippen LogP contribution in [0.15, 0.2) is 52.9 Å². The SMILES string of the molecule is CN=C/C(=C\C(C#N)=C\N1CC(C)(CS(C)=O)C1)C(=N)c1cc(OCc2c(Cl)cncc2Cl)c(F)cc1N. The van der Waals surface area contributed by atoms with E-state index in [-0.39, 0.29) is 44.8 Å². The molecule has 3 rings (SSSR count). The summed E-state index contributed by atoms with van der Waals surface area (Å²) in [7, 11) is 0.627. The van der Waals surface area contributed by atoms with E-state index in [1.54, 1.807) is 12.5 Å². The van der Waals surface area contributed by atoms with E-state index in [2.05, 4.69) is 23.0 Å². The molecule has 1 unspecified atom stereocenters. The fourth-order valence-electron chi connectivity index (χ4n) is 4.16. The lowest BCUT2D eigenvalue weighted by Gasteiger charge is -2.47. The summed E-state index contributed by atoms with van der Waals surface area (Å²) in [5, 5.41) is 19.0. The molecule has 3 N–H and O–H groups in total. The number of nitrogens with zero attached hydrogens (tertiary/aromatic N) is 4. The van der Waals surface area contributed by atoms with E-state index in [9.17, 15) is 13.9 Å². The minimum atomic E-state index is -0.908. The van der Waals surface area contributed by atoms with Gasteiger partial charge in [0.05, 0.1) is 21.3 Å². The first kappa shape index (κ1) is 29.3. The number of nitrogens with two attached hydrogens (primary N) is 1. The zero-order valence-corrected chi connectivity index (χ0v) is 23.4. The Morgan fingerprint density at radius 1 is 1.39 bits per heavy atom. The van der Waals surface area contributed by atoms with Crippen LogP contribution in [0.5, 0.6) is 5.75 Å². The molecule has 1 fully saturated rings. The maximum absolute atomic E-state index is 14.7. The number of ether oxygens (including phenoxy) is 1. The Morgan fingerprint density at radius 2 is 2.05 bits per heavy atom. The maximum Gasteiger partial charge on any atom is 0.167 e. The minimum Gasteiger partial charge on any atom is -0.486 e. The van der Waals surface area contributed by atoms with Gasteiger partial charge in [-0.25, -0.2) is 4.39 Å². The van der Waals surface area contributed by atoms with Crippen LogP contribution in [0.3, 0.4) is 0 Å². The minimum absolute atomic E-state index is 0.0174. The average molecular weight is 578 g/mol. The van der Waals surface area contributed by atoms with Crippen LogP contribution in [-0.4, -0.2) is 58.2 Å². The van der Waals surface area contributed by atoms with E-state index >= 15 is 0 Å². The van der Waals surface area contributed by atoms with E-state index in [1.165, 1.54) is 37.8 Å². The monoisotopic (exact) mass is 576 g/mol. The van der Waals surface area contributed by atoms with E-state index < -0.39 is 16.6 Å². The summed E-state index contributed by atoms with van der Waals surface area (Å²) in [6.07, 6.45) is 9.12. The lowest BCUT2D eigenvalue weighted by molar-refractivity contribution is 0.0810. The number of aliphatic imine (C=N–C) groups is 1. The lowest BCUT2D eigenvalue weighted by atomic mass is 9.84. The van der Waals surface area contributed by atoms with Crippen LogP contribution in [0.4, 0.5) is 10.1 Å². The molecule has 1 aliphatic rings. The first-order valence-corrected chi connectivity index (χ1v) is 13.8. The number of hydrogen-bond acceptors (Lipinski definition) is 8. The third-order valence-corrected chi connectivity index (χ3v) is 7.49. The summed E-state index contributed by atoms with van der Waals surface area (Å²) >= 11 is 12.2. The zero-order chi connectivity index (χ0) is 28.0. The standard InChI is InChI=1S/C26H27Cl2FN6O2S/c1-26(15-38(3)36)13-35(14-26)11-16(7-30)4-17(8-33-2)25(32)18-5-24(22(29)6-23(18)31)37-12-19-20(27)9-34-10-21(19)28/h4-6,8-11,32H,12-15,31H2,1-3H3/b16-11-,17-4+,32-25?,33-8?. The summed E-state index contributed by atoms with van der Waals surface area (Å²) in [5.41, 5.74) is 7.14. The van der Waals surface area contributed by atoms with Crippen LogP contribution < -0.4 is 10.5 Å². The summed E-state index contributed by atoms with van der Waals surface area (Å²) in [6, 6.07) is 4.51. The van der Waals surface area contributed by atoms with Crippen LogP contribution in [0.1, 0.15) is 18.1 Å². The van der Waals surface area contributed by atoms with E-state index in [4.69, 9.17) is 39.1 Å². The number of nitrogens with one attached hydrogen (secondary N) is 1. The Bertz CT molecular complexity index is 1380. The second kappa shape index (κ2) is 12.5. The van der Waals surface area contributed by atoms with Crippen LogP contribution in [0, 0.1) is 28.0 Å². The molecule has 0 aliphatic carbocycles. The third kappa shape index (κ3) is 7.19.